The van der Waals surface area contributed by atoms with E-state index in [-0.39, 0.29) is 24.7 Å². The standard InChI is InChI=1S/C35H53N5O5/c1-3-19-35(34(43)38-36,31(41)24-40-21-20-37-25-40)23-30(28-17-15-26(2)16-18-28)29(13-9-12-27-10-5-4-6-11-27)33(42)39-45-32-14-7-8-22-44-32/h15-18,20-21,25,27,29-30,32H,3-14,19,22-24,36H2,1-2H3,(H,38,43)(H,39,42)/t29-,30-,32?,35?/m0/s1. The SMILES string of the molecule is CCCC(C[C@@H](c1ccc(C)cc1)[C@H](CCCC1CCCCC1)C(=O)NOC1CCCCO1)(C(=O)Cn1ccnc1)C(=O)NN. The van der Waals surface area contributed by atoms with Crippen LogP contribution in [0.1, 0.15) is 114 Å². The first-order valence-electron chi connectivity index (χ1n) is 17.0. The van der Waals surface area contributed by atoms with Gasteiger partial charge < -0.3 is 9.30 Å². The van der Waals surface area contributed by atoms with Crippen molar-refractivity contribution in [1.29, 1.82) is 0 Å². The third-order valence-electron chi connectivity index (χ3n) is 9.84. The predicted molar refractivity (Wildman–Crippen MR) is 172 cm³/mol. The fraction of sp³-hybridized carbons (Fsp3) is 0.657. The number of hydrazine groups is 1. The van der Waals surface area contributed by atoms with E-state index in [0.29, 0.717) is 38.2 Å². The van der Waals surface area contributed by atoms with E-state index in [1.165, 1.54) is 32.1 Å². The van der Waals surface area contributed by atoms with E-state index in [0.717, 1.165) is 36.8 Å². The van der Waals surface area contributed by atoms with Crippen molar-refractivity contribution < 1.29 is 24.0 Å². The van der Waals surface area contributed by atoms with Gasteiger partial charge >= 0.3 is 0 Å². The van der Waals surface area contributed by atoms with Crippen LogP contribution < -0.4 is 16.7 Å². The predicted octanol–water partition coefficient (Wildman–Crippen LogP) is 5.65. The first-order valence-corrected chi connectivity index (χ1v) is 17.0. The molecule has 2 unspecified atom stereocenters. The molecule has 45 heavy (non-hydrogen) atoms. The molecule has 2 aromatic rings. The second kappa shape index (κ2) is 17.6. The van der Waals surface area contributed by atoms with Crippen molar-refractivity contribution in [2.45, 2.75) is 122 Å². The lowest BCUT2D eigenvalue weighted by molar-refractivity contribution is -0.202. The van der Waals surface area contributed by atoms with Crippen LogP contribution in [0.2, 0.25) is 0 Å². The summed E-state index contributed by atoms with van der Waals surface area (Å²) in [5, 5.41) is 0. The molecule has 1 aliphatic heterocycles. The largest absolute Gasteiger partial charge is 0.350 e. The van der Waals surface area contributed by atoms with Gasteiger partial charge in [-0.25, -0.2) is 21.1 Å². The highest BCUT2D eigenvalue weighted by molar-refractivity contribution is 6.06. The zero-order valence-electron chi connectivity index (χ0n) is 27.2. The monoisotopic (exact) mass is 623 g/mol. The maximum atomic E-state index is 14.2. The van der Waals surface area contributed by atoms with E-state index < -0.39 is 29.4 Å². The molecule has 4 atom stereocenters. The Hall–Kier alpha value is -3.08. The van der Waals surface area contributed by atoms with Crippen molar-refractivity contribution in [3.63, 3.8) is 0 Å². The summed E-state index contributed by atoms with van der Waals surface area (Å²) in [6.45, 7) is 4.55. The van der Waals surface area contributed by atoms with Crippen LogP contribution in [-0.4, -0.2) is 40.0 Å². The molecule has 4 N–H and O–H groups in total. The lowest BCUT2D eigenvalue weighted by Gasteiger charge is -2.37. The molecule has 0 bridgehead atoms. The number of hydrogen-bond acceptors (Lipinski definition) is 7. The number of amides is 2. The van der Waals surface area contributed by atoms with Crippen LogP contribution in [0.4, 0.5) is 0 Å². The van der Waals surface area contributed by atoms with Gasteiger partial charge in [0.05, 0.1) is 12.9 Å². The van der Waals surface area contributed by atoms with Gasteiger partial charge in [0.25, 0.3) is 0 Å². The molecule has 2 heterocycles. The van der Waals surface area contributed by atoms with Gasteiger partial charge in [-0.15, -0.1) is 0 Å². The Balaban J connectivity index is 1.68. The van der Waals surface area contributed by atoms with Crippen molar-refractivity contribution >= 4 is 17.6 Å². The topological polar surface area (TPSA) is 138 Å². The van der Waals surface area contributed by atoms with Crippen LogP contribution in [0.3, 0.4) is 0 Å². The van der Waals surface area contributed by atoms with E-state index in [2.05, 4.69) is 15.9 Å². The fourth-order valence-corrected chi connectivity index (χ4v) is 7.25. The number of nitrogens with zero attached hydrogens (tertiary/aromatic N) is 2. The summed E-state index contributed by atoms with van der Waals surface area (Å²) in [5.74, 6) is 4.44. The molecule has 0 radical (unpaired) electrons. The first-order chi connectivity index (χ1) is 21.9. The molecule has 4 rings (SSSR count). The van der Waals surface area contributed by atoms with Crippen molar-refractivity contribution in [2.75, 3.05) is 6.61 Å². The molecule has 10 nitrogen and oxygen atoms in total. The number of benzene rings is 1. The molecule has 0 spiro atoms. The highest BCUT2D eigenvalue weighted by Crippen LogP contribution is 2.43. The number of aromatic nitrogens is 2. The summed E-state index contributed by atoms with van der Waals surface area (Å²) >= 11 is 0. The van der Waals surface area contributed by atoms with Crippen LogP contribution in [0.25, 0.3) is 0 Å². The maximum Gasteiger partial charge on any atom is 0.247 e. The lowest BCUT2D eigenvalue weighted by Crippen LogP contribution is -2.51. The fourth-order valence-electron chi connectivity index (χ4n) is 7.25. The molecular weight excluding hydrogens is 570 g/mol. The van der Waals surface area contributed by atoms with Gasteiger partial charge in [-0.05, 0) is 56.4 Å². The molecule has 2 fully saturated rings. The highest BCUT2D eigenvalue weighted by atomic mass is 16.8. The number of rotatable bonds is 17. The number of nitrogens with two attached hydrogens (primary N) is 1. The van der Waals surface area contributed by atoms with Crippen LogP contribution in [-0.2, 0) is 30.5 Å². The van der Waals surface area contributed by atoms with Gasteiger partial charge in [-0.1, -0.05) is 88.1 Å². The number of aryl methyl sites for hydroxylation is 1. The molecule has 248 valence electrons. The average Bonchev–Trinajstić information content (AvgIpc) is 3.58. The number of hydrogen-bond donors (Lipinski definition) is 3. The summed E-state index contributed by atoms with van der Waals surface area (Å²) in [5.41, 5.74) is 5.61. The Labute approximate surface area is 268 Å². The Kier molecular flexibility index (Phi) is 13.6. The quantitative estimate of drug-likeness (QED) is 0.0896. The Morgan fingerprint density at radius 3 is 2.51 bits per heavy atom. The maximum absolute atomic E-state index is 14.2. The third kappa shape index (κ3) is 9.70. The minimum atomic E-state index is -1.45. The van der Waals surface area contributed by atoms with Gasteiger partial charge in [0, 0.05) is 31.3 Å². The summed E-state index contributed by atoms with van der Waals surface area (Å²) in [4.78, 5) is 51.9. The third-order valence-corrected chi connectivity index (χ3v) is 9.84. The molecule has 1 aromatic heterocycles. The van der Waals surface area contributed by atoms with Crippen molar-refractivity contribution in [3.8, 4) is 0 Å². The number of ether oxygens (including phenoxy) is 1. The molecule has 10 heteroatoms. The van der Waals surface area contributed by atoms with Gasteiger partial charge in [-0.2, -0.15) is 0 Å². The number of imidazole rings is 1. The second-order valence-corrected chi connectivity index (χ2v) is 13.1. The lowest BCUT2D eigenvalue weighted by atomic mass is 9.66. The van der Waals surface area contributed by atoms with Gasteiger partial charge in [-0.3, -0.25) is 19.8 Å². The first kappa shape index (κ1) is 34.8. The van der Waals surface area contributed by atoms with E-state index in [9.17, 15) is 14.4 Å². The van der Waals surface area contributed by atoms with E-state index in [4.69, 9.17) is 15.4 Å². The van der Waals surface area contributed by atoms with Crippen LogP contribution in [0.15, 0.2) is 43.0 Å². The molecule has 1 saturated heterocycles. The minimum absolute atomic E-state index is 0.0191. The van der Waals surface area contributed by atoms with E-state index >= 15 is 0 Å². The number of nitrogens with one attached hydrogen (secondary N) is 2. The van der Waals surface area contributed by atoms with Crippen molar-refractivity contribution in [1.82, 2.24) is 20.5 Å². The molecule has 1 aliphatic carbocycles. The van der Waals surface area contributed by atoms with Crippen LogP contribution in [0, 0.1) is 24.2 Å². The number of ketones is 1. The van der Waals surface area contributed by atoms with Crippen molar-refractivity contribution in [2.24, 2.45) is 23.1 Å². The van der Waals surface area contributed by atoms with Crippen LogP contribution >= 0.6 is 0 Å². The van der Waals surface area contributed by atoms with Gasteiger partial charge in [0.2, 0.25) is 11.8 Å². The summed E-state index contributed by atoms with van der Waals surface area (Å²) in [6.07, 6.45) is 16.9. The van der Waals surface area contributed by atoms with Gasteiger partial charge in [0.15, 0.2) is 12.1 Å². The zero-order chi connectivity index (χ0) is 32.1. The summed E-state index contributed by atoms with van der Waals surface area (Å²) in [7, 11) is 0. The van der Waals surface area contributed by atoms with E-state index in [1.807, 2.05) is 38.1 Å². The molecule has 1 aromatic carbocycles. The Morgan fingerprint density at radius 2 is 1.87 bits per heavy atom. The zero-order valence-corrected chi connectivity index (χ0v) is 27.2. The normalized spacial score (nSPS) is 20.1. The minimum Gasteiger partial charge on any atom is -0.350 e. The summed E-state index contributed by atoms with van der Waals surface area (Å²) < 4.78 is 7.38. The number of Topliss-reactive ketones (excluding diaryl/α,β-unsaturated/α-hetero) is 1. The smallest absolute Gasteiger partial charge is 0.247 e. The number of hydroxylamine groups is 1. The summed E-state index contributed by atoms with van der Waals surface area (Å²) in [6, 6.07) is 8.07. The molecule has 1 saturated carbocycles. The number of carbonyl (C=O) groups is 3. The average molecular weight is 624 g/mol. The second-order valence-electron chi connectivity index (χ2n) is 13.1. The Bertz CT molecular complexity index is 1190. The van der Waals surface area contributed by atoms with Gasteiger partial charge in [0.1, 0.15) is 5.41 Å². The Morgan fingerprint density at radius 1 is 1.11 bits per heavy atom. The molecule has 2 amide bonds. The number of carbonyl (C=O) groups excluding carboxylic acids is 3. The van der Waals surface area contributed by atoms with Crippen molar-refractivity contribution in [3.05, 3.63) is 54.1 Å². The highest BCUT2D eigenvalue weighted by Gasteiger charge is 2.48. The molecule has 2 aliphatic rings. The molecular formula is C35H53N5O5. The van der Waals surface area contributed by atoms with Crippen LogP contribution in [0.5, 0.6) is 0 Å². The van der Waals surface area contributed by atoms with E-state index in [1.54, 1.807) is 23.3 Å².